The van der Waals surface area contributed by atoms with Gasteiger partial charge in [-0.2, -0.15) is 0 Å². The molecule has 1 aromatic carbocycles. The molecule has 2 heterocycles. The van der Waals surface area contributed by atoms with Gasteiger partial charge in [0.25, 0.3) is 0 Å². The Labute approximate surface area is 136 Å². The fourth-order valence-corrected chi connectivity index (χ4v) is 3.51. The number of carbonyl (C=O) groups excluding carboxylic acids is 1. The number of rotatable bonds is 5. The van der Waals surface area contributed by atoms with Gasteiger partial charge in [0, 0.05) is 16.5 Å². The van der Waals surface area contributed by atoms with E-state index in [1.54, 1.807) is 12.1 Å². The van der Waals surface area contributed by atoms with Crippen LogP contribution in [0.25, 0.3) is 10.4 Å². The lowest BCUT2D eigenvalue weighted by atomic mass is 10.1. The van der Waals surface area contributed by atoms with Crippen molar-refractivity contribution in [2.75, 3.05) is 6.61 Å². The van der Waals surface area contributed by atoms with Gasteiger partial charge in [-0.05, 0) is 47.9 Å². The van der Waals surface area contributed by atoms with Crippen molar-refractivity contribution in [1.29, 1.82) is 0 Å². The molecule has 1 N–H and O–H groups in total. The maximum atomic E-state index is 12.4. The zero-order chi connectivity index (χ0) is 15.5. The van der Waals surface area contributed by atoms with E-state index in [4.69, 9.17) is 16.0 Å². The predicted molar refractivity (Wildman–Crippen MR) is 87.7 cm³/mol. The van der Waals surface area contributed by atoms with Crippen molar-refractivity contribution < 1.29 is 14.3 Å². The molecule has 0 unspecified atom stereocenters. The summed E-state index contributed by atoms with van der Waals surface area (Å²) in [6.07, 6.45) is 1.98. The highest BCUT2D eigenvalue weighted by Crippen LogP contribution is 2.35. The van der Waals surface area contributed by atoms with E-state index < -0.39 is 0 Å². The van der Waals surface area contributed by atoms with Crippen LogP contribution in [0.1, 0.15) is 21.0 Å². The minimum Gasteiger partial charge on any atom is -0.461 e. The number of aliphatic hydroxyl groups excluding tert-OH is 1. The third-order valence-electron chi connectivity index (χ3n) is 3.27. The minimum atomic E-state index is -0.144. The lowest BCUT2D eigenvalue weighted by Gasteiger charge is -2.02. The van der Waals surface area contributed by atoms with Crippen molar-refractivity contribution in [3.63, 3.8) is 0 Å². The Balaban J connectivity index is 2.02. The second-order valence-corrected chi connectivity index (χ2v) is 6.24. The Morgan fingerprint density at radius 2 is 2.00 bits per heavy atom. The number of furan rings is 1. The monoisotopic (exact) mass is 332 g/mol. The zero-order valence-electron chi connectivity index (χ0n) is 11.6. The highest BCUT2D eigenvalue weighted by atomic mass is 35.5. The molecule has 0 aliphatic carbocycles. The maximum Gasteiger partial charge on any atom is 0.238 e. The van der Waals surface area contributed by atoms with E-state index in [2.05, 4.69) is 0 Å². The van der Waals surface area contributed by atoms with E-state index in [0.29, 0.717) is 22.1 Å². The number of halogens is 1. The number of hydrogen-bond donors (Lipinski definition) is 1. The maximum absolute atomic E-state index is 12.4. The van der Waals surface area contributed by atoms with Gasteiger partial charge in [0.1, 0.15) is 0 Å². The number of benzene rings is 1. The molecule has 112 valence electrons. The molecule has 0 saturated carbocycles. The van der Waals surface area contributed by atoms with Crippen LogP contribution >= 0.6 is 22.9 Å². The van der Waals surface area contributed by atoms with Crippen molar-refractivity contribution in [2.24, 2.45) is 0 Å². The van der Waals surface area contributed by atoms with Crippen molar-refractivity contribution in [3.05, 3.63) is 70.0 Å². The lowest BCUT2D eigenvalue weighted by molar-refractivity contribution is 0.101. The number of aliphatic hydroxyl groups is 1. The van der Waals surface area contributed by atoms with Crippen molar-refractivity contribution in [2.45, 2.75) is 6.42 Å². The summed E-state index contributed by atoms with van der Waals surface area (Å²) in [6.45, 7) is 0.0334. The fourth-order valence-electron chi connectivity index (χ4n) is 2.22. The molecule has 0 saturated heterocycles. The second-order valence-electron chi connectivity index (χ2n) is 4.75. The molecule has 0 radical (unpaired) electrons. The molecule has 22 heavy (non-hydrogen) atoms. The van der Waals surface area contributed by atoms with Gasteiger partial charge in [-0.15, -0.1) is 11.3 Å². The molecule has 0 fully saturated rings. The van der Waals surface area contributed by atoms with E-state index in [1.807, 2.05) is 30.3 Å². The largest absolute Gasteiger partial charge is 0.461 e. The first-order valence-electron chi connectivity index (χ1n) is 6.77. The summed E-state index contributed by atoms with van der Waals surface area (Å²) in [5.41, 5.74) is 1.93. The van der Waals surface area contributed by atoms with Crippen LogP contribution in [0.5, 0.6) is 0 Å². The molecule has 0 aliphatic heterocycles. The van der Waals surface area contributed by atoms with Gasteiger partial charge < -0.3 is 9.52 Å². The van der Waals surface area contributed by atoms with E-state index in [1.165, 1.54) is 17.6 Å². The van der Waals surface area contributed by atoms with Crippen LogP contribution in [0.3, 0.4) is 0 Å². The first kappa shape index (κ1) is 15.0. The molecule has 0 aliphatic rings. The standard InChI is InChI=1S/C17H13ClO3S/c18-13-5-3-11(4-6-13)17-12(7-8-19)10-15(22-17)16(20)14-2-1-9-21-14/h1-6,9-10,19H,7-8H2. The molecule has 2 aromatic heterocycles. The summed E-state index contributed by atoms with van der Waals surface area (Å²) in [7, 11) is 0. The Morgan fingerprint density at radius 1 is 1.23 bits per heavy atom. The molecular formula is C17H13ClO3S. The Morgan fingerprint density at radius 3 is 2.64 bits per heavy atom. The Bertz CT molecular complexity index is 773. The number of ketones is 1. The van der Waals surface area contributed by atoms with E-state index >= 15 is 0 Å². The molecule has 0 bridgehead atoms. The summed E-state index contributed by atoms with van der Waals surface area (Å²) < 4.78 is 5.17. The van der Waals surface area contributed by atoms with Gasteiger partial charge in [0.2, 0.25) is 5.78 Å². The summed E-state index contributed by atoms with van der Waals surface area (Å²) in [6, 6.07) is 12.6. The molecule has 0 atom stereocenters. The highest BCUT2D eigenvalue weighted by molar-refractivity contribution is 7.17. The van der Waals surface area contributed by atoms with Crippen molar-refractivity contribution in [1.82, 2.24) is 0 Å². The third-order valence-corrected chi connectivity index (χ3v) is 4.74. The first-order chi connectivity index (χ1) is 10.7. The van der Waals surface area contributed by atoms with Crippen LogP contribution in [0.2, 0.25) is 5.02 Å². The van der Waals surface area contributed by atoms with Gasteiger partial charge >= 0.3 is 0 Å². The number of carbonyl (C=O) groups is 1. The second kappa shape index (κ2) is 6.48. The quantitative estimate of drug-likeness (QED) is 0.703. The molecule has 3 rings (SSSR count). The van der Waals surface area contributed by atoms with Crippen LogP contribution in [0.4, 0.5) is 0 Å². The molecule has 0 spiro atoms. The van der Waals surface area contributed by atoms with Crippen molar-refractivity contribution in [3.8, 4) is 10.4 Å². The van der Waals surface area contributed by atoms with Gasteiger partial charge in [0.05, 0.1) is 11.1 Å². The summed E-state index contributed by atoms with van der Waals surface area (Å²) in [5, 5.41) is 9.91. The summed E-state index contributed by atoms with van der Waals surface area (Å²) in [5.74, 6) is 0.175. The van der Waals surface area contributed by atoms with Crippen LogP contribution in [-0.4, -0.2) is 17.5 Å². The average Bonchev–Trinajstić information content (AvgIpc) is 3.17. The summed E-state index contributed by atoms with van der Waals surface area (Å²) >= 11 is 7.32. The van der Waals surface area contributed by atoms with Crippen molar-refractivity contribution >= 4 is 28.7 Å². The summed E-state index contributed by atoms with van der Waals surface area (Å²) in [4.78, 5) is 14.0. The van der Waals surface area contributed by atoms with Crippen LogP contribution in [0.15, 0.2) is 53.1 Å². The van der Waals surface area contributed by atoms with Gasteiger partial charge in [-0.25, -0.2) is 0 Å². The minimum absolute atomic E-state index is 0.0334. The van der Waals surface area contributed by atoms with E-state index in [-0.39, 0.29) is 12.4 Å². The Hall–Kier alpha value is -1.88. The average molecular weight is 333 g/mol. The SMILES string of the molecule is O=C(c1ccco1)c1cc(CCO)c(-c2ccc(Cl)cc2)s1. The fraction of sp³-hybridized carbons (Fsp3) is 0.118. The topological polar surface area (TPSA) is 50.4 Å². The van der Waals surface area contributed by atoms with Crippen LogP contribution in [0, 0.1) is 0 Å². The van der Waals surface area contributed by atoms with Gasteiger partial charge in [0.15, 0.2) is 5.76 Å². The van der Waals surface area contributed by atoms with E-state index in [9.17, 15) is 9.90 Å². The van der Waals surface area contributed by atoms with Crippen LogP contribution < -0.4 is 0 Å². The normalized spacial score (nSPS) is 10.8. The lowest BCUT2D eigenvalue weighted by Crippen LogP contribution is -1.96. The first-order valence-corrected chi connectivity index (χ1v) is 7.96. The zero-order valence-corrected chi connectivity index (χ0v) is 13.2. The molecule has 3 aromatic rings. The molecule has 0 amide bonds. The van der Waals surface area contributed by atoms with Gasteiger partial charge in [-0.1, -0.05) is 23.7 Å². The third kappa shape index (κ3) is 2.99. The Kier molecular flexibility index (Phi) is 4.43. The van der Waals surface area contributed by atoms with E-state index in [0.717, 1.165) is 16.0 Å². The molecular weight excluding hydrogens is 320 g/mol. The number of thiophene rings is 1. The van der Waals surface area contributed by atoms with Crippen LogP contribution in [-0.2, 0) is 6.42 Å². The molecule has 3 nitrogen and oxygen atoms in total. The predicted octanol–water partition coefficient (Wildman–Crippen LogP) is 4.43. The smallest absolute Gasteiger partial charge is 0.238 e. The highest BCUT2D eigenvalue weighted by Gasteiger charge is 2.18. The van der Waals surface area contributed by atoms with Gasteiger partial charge in [-0.3, -0.25) is 4.79 Å². The number of hydrogen-bond acceptors (Lipinski definition) is 4. The molecule has 5 heteroatoms.